The molecule has 29 heavy (non-hydrogen) atoms. The Balaban J connectivity index is 1.78. The molecule has 4 rings (SSSR count). The molecular formula is C24H23NO3Se. The molecule has 0 aliphatic carbocycles. The number of hydrogen-bond acceptors (Lipinski definition) is 3. The van der Waals surface area contributed by atoms with Gasteiger partial charge in [-0.1, -0.05) is 0 Å². The van der Waals surface area contributed by atoms with E-state index in [1.165, 1.54) is 0 Å². The van der Waals surface area contributed by atoms with Gasteiger partial charge in [-0.3, -0.25) is 0 Å². The number of benzene rings is 3. The van der Waals surface area contributed by atoms with Crippen LogP contribution in [0.25, 0.3) is 0 Å². The molecule has 0 spiro atoms. The normalized spacial score (nSPS) is 21.0. The summed E-state index contributed by atoms with van der Waals surface area (Å²) in [5, 5.41) is 0. The zero-order chi connectivity index (χ0) is 20.3. The SMILES string of the molecule is CCO[C@@]1([Se]c2ccccc2)C(=O)N(c2ccc(OC)cc2)[C@@H]1c1ccccc1. The summed E-state index contributed by atoms with van der Waals surface area (Å²) in [6.07, 6.45) is 0. The van der Waals surface area contributed by atoms with Gasteiger partial charge in [-0.25, -0.2) is 0 Å². The molecule has 3 aromatic rings. The number of β-lactam (4-membered cyclic amide) rings is 1. The Morgan fingerprint density at radius 1 is 0.931 bits per heavy atom. The van der Waals surface area contributed by atoms with Crippen LogP contribution in [0, 0.1) is 0 Å². The van der Waals surface area contributed by atoms with E-state index in [0.29, 0.717) is 6.61 Å². The average molecular weight is 452 g/mol. The average Bonchev–Trinajstić information content (AvgIpc) is 2.78. The minimum atomic E-state index is -0.857. The molecule has 0 aromatic heterocycles. The van der Waals surface area contributed by atoms with E-state index < -0.39 is 4.50 Å². The standard InChI is InChI=1S/C24H23NO3Se/c1-3-28-24(29-21-12-8-5-9-13-21)22(18-10-6-4-7-11-18)25(23(24)26)19-14-16-20(27-2)17-15-19/h4-17,22H,3H2,1-2H3/t22-,24+/m1/s1. The van der Waals surface area contributed by atoms with Gasteiger partial charge in [0.2, 0.25) is 0 Å². The number of methoxy groups -OCH3 is 1. The topological polar surface area (TPSA) is 38.8 Å². The number of hydrogen-bond donors (Lipinski definition) is 0. The van der Waals surface area contributed by atoms with E-state index >= 15 is 0 Å². The van der Waals surface area contributed by atoms with Crippen LogP contribution in [0.3, 0.4) is 0 Å². The van der Waals surface area contributed by atoms with Gasteiger partial charge in [-0.05, 0) is 0 Å². The van der Waals surface area contributed by atoms with Crippen LogP contribution < -0.4 is 14.1 Å². The van der Waals surface area contributed by atoms with Crippen molar-refractivity contribution in [1.29, 1.82) is 0 Å². The summed E-state index contributed by atoms with van der Waals surface area (Å²) in [6, 6.07) is 27.8. The number of amides is 1. The van der Waals surface area contributed by atoms with Crippen molar-refractivity contribution >= 4 is 31.0 Å². The summed E-state index contributed by atoms with van der Waals surface area (Å²) in [6.45, 7) is 2.44. The fourth-order valence-electron chi connectivity index (χ4n) is 3.67. The van der Waals surface area contributed by atoms with Gasteiger partial charge in [0.25, 0.3) is 0 Å². The van der Waals surface area contributed by atoms with Crippen molar-refractivity contribution < 1.29 is 14.3 Å². The molecule has 5 heteroatoms. The molecule has 0 bridgehead atoms. The van der Waals surface area contributed by atoms with Crippen LogP contribution >= 0.6 is 0 Å². The molecule has 1 aliphatic rings. The van der Waals surface area contributed by atoms with Gasteiger partial charge < -0.3 is 0 Å². The Hall–Kier alpha value is -2.59. The second-order valence-electron chi connectivity index (χ2n) is 6.70. The van der Waals surface area contributed by atoms with Crippen LogP contribution in [-0.2, 0) is 9.53 Å². The summed E-state index contributed by atoms with van der Waals surface area (Å²) < 4.78 is 11.8. The first kappa shape index (κ1) is 19.7. The molecular weight excluding hydrogens is 429 g/mol. The monoisotopic (exact) mass is 453 g/mol. The van der Waals surface area contributed by atoms with Crippen molar-refractivity contribution in [2.75, 3.05) is 18.6 Å². The van der Waals surface area contributed by atoms with Gasteiger partial charge in [-0.15, -0.1) is 0 Å². The second kappa shape index (κ2) is 8.42. The van der Waals surface area contributed by atoms with Crippen LogP contribution in [0.2, 0.25) is 0 Å². The Bertz CT molecular complexity index is 962. The van der Waals surface area contributed by atoms with Crippen molar-refractivity contribution in [3.63, 3.8) is 0 Å². The number of nitrogens with zero attached hydrogens (tertiary/aromatic N) is 1. The fourth-order valence-corrected chi connectivity index (χ4v) is 6.52. The number of ether oxygens (including phenoxy) is 2. The molecule has 1 saturated heterocycles. The minimum absolute atomic E-state index is 0.0159. The molecule has 1 aliphatic heterocycles. The molecule has 1 amide bonds. The van der Waals surface area contributed by atoms with Gasteiger partial charge >= 0.3 is 178 Å². The van der Waals surface area contributed by atoms with E-state index in [1.807, 2.05) is 72.5 Å². The summed E-state index contributed by atoms with van der Waals surface area (Å²) >= 11 is -0.176. The molecule has 0 saturated carbocycles. The van der Waals surface area contributed by atoms with Crippen LogP contribution in [0.4, 0.5) is 5.69 Å². The Kier molecular flexibility index (Phi) is 5.72. The maximum absolute atomic E-state index is 13.6. The van der Waals surface area contributed by atoms with Gasteiger partial charge in [0.05, 0.1) is 0 Å². The van der Waals surface area contributed by atoms with E-state index in [2.05, 4.69) is 24.3 Å². The summed E-state index contributed by atoms with van der Waals surface area (Å²) in [7, 11) is 1.64. The van der Waals surface area contributed by atoms with Crippen molar-refractivity contribution in [2.24, 2.45) is 0 Å². The molecule has 2 atom stereocenters. The van der Waals surface area contributed by atoms with Gasteiger partial charge in [0.15, 0.2) is 0 Å². The van der Waals surface area contributed by atoms with Crippen LogP contribution in [0.1, 0.15) is 18.5 Å². The zero-order valence-corrected chi connectivity index (χ0v) is 18.2. The number of carbonyl (C=O) groups is 1. The van der Waals surface area contributed by atoms with Gasteiger partial charge in [-0.2, -0.15) is 0 Å². The fraction of sp³-hybridized carbons (Fsp3) is 0.208. The molecule has 3 aromatic carbocycles. The first-order valence-corrected chi connectivity index (χ1v) is 11.3. The molecule has 4 nitrogen and oxygen atoms in total. The van der Waals surface area contributed by atoms with E-state index in [0.717, 1.165) is 21.5 Å². The number of rotatable bonds is 7. The third kappa shape index (κ3) is 3.58. The van der Waals surface area contributed by atoms with Crippen LogP contribution in [0.15, 0.2) is 84.9 Å². The van der Waals surface area contributed by atoms with Crippen LogP contribution in [-0.4, -0.2) is 39.1 Å². The third-order valence-electron chi connectivity index (χ3n) is 4.97. The first-order chi connectivity index (χ1) is 14.2. The Labute approximate surface area is 177 Å². The zero-order valence-electron chi connectivity index (χ0n) is 16.4. The summed E-state index contributed by atoms with van der Waals surface area (Å²) in [5.41, 5.74) is 1.93. The third-order valence-corrected chi connectivity index (χ3v) is 7.76. The Morgan fingerprint density at radius 2 is 1.55 bits per heavy atom. The van der Waals surface area contributed by atoms with Crippen molar-refractivity contribution in [1.82, 2.24) is 0 Å². The predicted octanol–water partition coefficient (Wildman–Crippen LogP) is 3.55. The molecule has 0 N–H and O–H groups in total. The van der Waals surface area contributed by atoms with Gasteiger partial charge in [0, 0.05) is 0 Å². The summed E-state index contributed by atoms with van der Waals surface area (Å²) in [5.74, 6) is 0.782. The second-order valence-corrected chi connectivity index (χ2v) is 9.39. The summed E-state index contributed by atoms with van der Waals surface area (Å²) in [4.78, 5) is 15.5. The van der Waals surface area contributed by atoms with Crippen LogP contribution in [0.5, 0.6) is 5.75 Å². The molecule has 1 heterocycles. The quantitative estimate of drug-likeness (QED) is 0.407. The number of anilines is 1. The Morgan fingerprint density at radius 3 is 2.14 bits per heavy atom. The van der Waals surface area contributed by atoms with E-state index in [1.54, 1.807) is 7.11 Å². The first-order valence-electron chi connectivity index (χ1n) is 9.60. The molecule has 148 valence electrons. The van der Waals surface area contributed by atoms with E-state index in [4.69, 9.17) is 9.47 Å². The maximum atomic E-state index is 13.6. The van der Waals surface area contributed by atoms with E-state index in [-0.39, 0.29) is 26.9 Å². The predicted molar refractivity (Wildman–Crippen MR) is 116 cm³/mol. The van der Waals surface area contributed by atoms with E-state index in [9.17, 15) is 4.79 Å². The molecule has 1 fully saturated rings. The molecule has 0 unspecified atom stereocenters. The molecule has 0 radical (unpaired) electrons. The number of carbonyl (C=O) groups excluding carboxylic acids is 1. The van der Waals surface area contributed by atoms with Crippen molar-refractivity contribution in [3.05, 3.63) is 90.5 Å². The van der Waals surface area contributed by atoms with Crippen molar-refractivity contribution in [2.45, 2.75) is 17.5 Å². The van der Waals surface area contributed by atoms with Crippen molar-refractivity contribution in [3.8, 4) is 5.75 Å². The van der Waals surface area contributed by atoms with Gasteiger partial charge in [0.1, 0.15) is 0 Å².